The molecule has 1 atom stereocenters. The molecule has 1 aromatic rings. The van der Waals surface area contributed by atoms with Crippen LogP contribution in [0.2, 0.25) is 0 Å². The molecule has 10 heteroatoms. The van der Waals surface area contributed by atoms with Crippen LogP contribution in [0.15, 0.2) is 23.1 Å². The van der Waals surface area contributed by atoms with Crippen LogP contribution in [0.25, 0.3) is 0 Å². The number of nitro benzene ring substituents is 1. The number of piperazine rings is 1. The molecule has 1 saturated heterocycles. The Kier molecular flexibility index (Phi) is 4.33. The quantitative estimate of drug-likeness (QED) is 0.549. The minimum atomic E-state index is -3.54. The second-order valence-corrected chi connectivity index (χ2v) is 7.05. The van der Waals surface area contributed by atoms with Gasteiger partial charge in [0.2, 0.25) is 5.91 Å². The maximum absolute atomic E-state index is 11.5. The zero-order valence-corrected chi connectivity index (χ0v) is 12.7. The molecule has 1 heterocycles. The Balaban J connectivity index is 2.42. The number of amides is 1. The van der Waals surface area contributed by atoms with Gasteiger partial charge in [0.1, 0.15) is 11.7 Å². The van der Waals surface area contributed by atoms with Gasteiger partial charge in [-0.05, 0) is 12.1 Å². The van der Waals surface area contributed by atoms with Gasteiger partial charge in [-0.2, -0.15) is 0 Å². The van der Waals surface area contributed by atoms with E-state index in [1.54, 1.807) is 4.90 Å². The summed E-state index contributed by atoms with van der Waals surface area (Å²) in [5.74, 6) is -0.542. The highest BCUT2D eigenvalue weighted by Crippen LogP contribution is 2.31. The molecular formula is C12H16N4O5S. The number of nitro groups is 1. The Hall–Kier alpha value is -2.20. The minimum Gasteiger partial charge on any atom is -0.368 e. The van der Waals surface area contributed by atoms with E-state index in [4.69, 9.17) is 5.73 Å². The minimum absolute atomic E-state index is 0.121. The SMILES string of the molecule is CS(=O)(=O)c1ccc(N2CCNC(C(N)=O)C2)c([N+](=O)[O-])c1. The molecule has 0 spiro atoms. The van der Waals surface area contributed by atoms with Gasteiger partial charge in [0.15, 0.2) is 9.84 Å². The number of sulfone groups is 1. The van der Waals surface area contributed by atoms with Gasteiger partial charge in [0.05, 0.1) is 9.82 Å². The van der Waals surface area contributed by atoms with Gasteiger partial charge in [-0.1, -0.05) is 0 Å². The van der Waals surface area contributed by atoms with Crippen molar-refractivity contribution in [2.75, 3.05) is 30.8 Å². The van der Waals surface area contributed by atoms with Crippen molar-refractivity contribution >= 4 is 27.1 Å². The molecule has 1 unspecified atom stereocenters. The van der Waals surface area contributed by atoms with Crippen LogP contribution in [0.1, 0.15) is 0 Å². The van der Waals surface area contributed by atoms with Gasteiger partial charge in [-0.3, -0.25) is 14.9 Å². The van der Waals surface area contributed by atoms with E-state index in [1.807, 2.05) is 0 Å². The second-order valence-electron chi connectivity index (χ2n) is 5.03. The van der Waals surface area contributed by atoms with Gasteiger partial charge in [0, 0.05) is 32.0 Å². The van der Waals surface area contributed by atoms with E-state index in [-0.39, 0.29) is 22.8 Å². The Morgan fingerprint density at radius 2 is 2.18 bits per heavy atom. The second kappa shape index (κ2) is 5.89. The molecule has 1 aliphatic rings. The van der Waals surface area contributed by atoms with E-state index in [0.29, 0.717) is 13.1 Å². The number of hydrogen-bond acceptors (Lipinski definition) is 7. The van der Waals surface area contributed by atoms with Gasteiger partial charge < -0.3 is 16.0 Å². The molecule has 3 N–H and O–H groups in total. The fraction of sp³-hybridized carbons (Fsp3) is 0.417. The van der Waals surface area contributed by atoms with Crippen LogP contribution in [-0.4, -0.2) is 51.2 Å². The predicted octanol–water partition coefficient (Wildman–Crippen LogP) is -0.738. The fourth-order valence-corrected chi connectivity index (χ4v) is 2.95. The van der Waals surface area contributed by atoms with Crippen molar-refractivity contribution in [3.8, 4) is 0 Å². The lowest BCUT2D eigenvalue weighted by atomic mass is 10.1. The van der Waals surface area contributed by atoms with Crippen LogP contribution >= 0.6 is 0 Å². The molecule has 1 amide bonds. The molecule has 0 aliphatic carbocycles. The summed E-state index contributed by atoms with van der Waals surface area (Å²) in [7, 11) is -3.54. The van der Waals surface area contributed by atoms with E-state index in [2.05, 4.69) is 5.32 Å². The molecular weight excluding hydrogens is 312 g/mol. The standard InChI is InChI=1S/C12H16N4O5S/c1-22(20,21)8-2-3-10(11(6-8)16(18)19)15-5-4-14-9(7-15)12(13)17/h2-3,6,9,14H,4-5,7H2,1H3,(H2,13,17). The van der Waals surface area contributed by atoms with Crippen molar-refractivity contribution in [2.45, 2.75) is 10.9 Å². The smallest absolute Gasteiger partial charge is 0.293 e. The Labute approximate surface area is 127 Å². The highest BCUT2D eigenvalue weighted by atomic mass is 32.2. The van der Waals surface area contributed by atoms with Gasteiger partial charge in [-0.25, -0.2) is 8.42 Å². The number of rotatable bonds is 4. The van der Waals surface area contributed by atoms with Crippen molar-refractivity contribution in [1.29, 1.82) is 0 Å². The molecule has 0 radical (unpaired) electrons. The van der Waals surface area contributed by atoms with Crippen LogP contribution in [0.5, 0.6) is 0 Å². The zero-order valence-electron chi connectivity index (χ0n) is 11.9. The number of anilines is 1. The molecule has 9 nitrogen and oxygen atoms in total. The highest BCUT2D eigenvalue weighted by molar-refractivity contribution is 7.90. The summed E-state index contributed by atoms with van der Waals surface area (Å²) in [6.45, 7) is 1.08. The Morgan fingerprint density at radius 1 is 1.50 bits per heavy atom. The number of benzene rings is 1. The van der Waals surface area contributed by atoms with Gasteiger partial charge in [-0.15, -0.1) is 0 Å². The van der Waals surface area contributed by atoms with E-state index >= 15 is 0 Å². The summed E-state index contributed by atoms with van der Waals surface area (Å²) >= 11 is 0. The molecule has 0 aromatic heterocycles. The number of hydrogen-bond donors (Lipinski definition) is 2. The molecule has 22 heavy (non-hydrogen) atoms. The first-order valence-electron chi connectivity index (χ1n) is 6.46. The summed E-state index contributed by atoms with van der Waals surface area (Å²) in [5.41, 5.74) is 5.20. The third-order valence-electron chi connectivity index (χ3n) is 3.43. The Morgan fingerprint density at radius 3 is 2.73 bits per heavy atom. The summed E-state index contributed by atoms with van der Waals surface area (Å²) in [6, 6.07) is 3.13. The summed E-state index contributed by atoms with van der Waals surface area (Å²) in [5, 5.41) is 14.2. The van der Waals surface area contributed by atoms with Crippen molar-refractivity contribution < 1.29 is 18.1 Å². The number of primary amides is 1. The molecule has 2 rings (SSSR count). The lowest BCUT2D eigenvalue weighted by molar-refractivity contribution is -0.384. The Bertz CT molecular complexity index is 718. The number of nitrogens with zero attached hydrogens (tertiary/aromatic N) is 2. The first kappa shape index (κ1) is 16.2. The number of nitrogens with two attached hydrogens (primary N) is 1. The van der Waals surface area contributed by atoms with Crippen molar-refractivity contribution in [3.63, 3.8) is 0 Å². The molecule has 1 aliphatic heterocycles. The largest absolute Gasteiger partial charge is 0.368 e. The predicted molar refractivity (Wildman–Crippen MR) is 79.4 cm³/mol. The van der Waals surface area contributed by atoms with Crippen molar-refractivity contribution in [2.24, 2.45) is 5.73 Å². The monoisotopic (exact) mass is 328 g/mol. The van der Waals surface area contributed by atoms with Crippen LogP contribution in [0.4, 0.5) is 11.4 Å². The normalized spacial score (nSPS) is 19.0. The summed E-state index contributed by atoms with van der Waals surface area (Å²) in [4.78, 5) is 23.4. The zero-order chi connectivity index (χ0) is 16.5. The summed E-state index contributed by atoms with van der Waals surface area (Å²) in [6.07, 6.45) is 0.986. The van der Waals surface area contributed by atoms with Gasteiger partial charge >= 0.3 is 0 Å². The molecule has 0 saturated carbocycles. The molecule has 120 valence electrons. The van der Waals surface area contributed by atoms with Crippen LogP contribution < -0.4 is 16.0 Å². The third kappa shape index (κ3) is 3.34. The average molecular weight is 328 g/mol. The molecule has 1 fully saturated rings. The fourth-order valence-electron chi connectivity index (χ4n) is 2.31. The first-order chi connectivity index (χ1) is 10.2. The van der Waals surface area contributed by atoms with Crippen molar-refractivity contribution in [3.05, 3.63) is 28.3 Å². The third-order valence-corrected chi connectivity index (χ3v) is 4.54. The average Bonchev–Trinajstić information content (AvgIpc) is 2.45. The molecule has 1 aromatic carbocycles. The lowest BCUT2D eigenvalue weighted by Crippen LogP contribution is -2.56. The van der Waals surface area contributed by atoms with Crippen LogP contribution in [0, 0.1) is 10.1 Å². The topological polar surface area (TPSA) is 136 Å². The van der Waals surface area contributed by atoms with Gasteiger partial charge in [0.25, 0.3) is 5.69 Å². The van der Waals surface area contributed by atoms with E-state index < -0.39 is 26.7 Å². The lowest BCUT2D eigenvalue weighted by Gasteiger charge is -2.33. The van der Waals surface area contributed by atoms with Crippen molar-refractivity contribution in [1.82, 2.24) is 5.32 Å². The number of carbonyl (C=O) groups is 1. The maximum Gasteiger partial charge on any atom is 0.293 e. The number of carbonyl (C=O) groups excluding carboxylic acids is 1. The van der Waals surface area contributed by atoms with E-state index in [1.165, 1.54) is 12.1 Å². The van der Waals surface area contributed by atoms with E-state index in [9.17, 15) is 23.3 Å². The number of nitrogens with one attached hydrogen (secondary N) is 1. The first-order valence-corrected chi connectivity index (χ1v) is 8.35. The summed E-state index contributed by atoms with van der Waals surface area (Å²) < 4.78 is 23.1. The molecule has 0 bridgehead atoms. The van der Waals surface area contributed by atoms with E-state index in [0.717, 1.165) is 12.3 Å². The van der Waals surface area contributed by atoms with Crippen LogP contribution in [0.3, 0.4) is 0 Å². The highest BCUT2D eigenvalue weighted by Gasteiger charge is 2.28. The van der Waals surface area contributed by atoms with Crippen LogP contribution in [-0.2, 0) is 14.6 Å². The maximum atomic E-state index is 11.5.